The zero-order valence-electron chi connectivity index (χ0n) is 13.7. The summed E-state index contributed by atoms with van der Waals surface area (Å²) in [6, 6.07) is 6.36. The summed E-state index contributed by atoms with van der Waals surface area (Å²) < 4.78 is 14.4. The van der Waals surface area contributed by atoms with Gasteiger partial charge in [-0.1, -0.05) is 19.9 Å². The van der Waals surface area contributed by atoms with E-state index in [1.54, 1.807) is 6.07 Å². The van der Waals surface area contributed by atoms with E-state index in [1.807, 2.05) is 26.1 Å². The van der Waals surface area contributed by atoms with Crippen LogP contribution in [0, 0.1) is 5.82 Å². The number of benzene rings is 1. The molecule has 3 nitrogen and oxygen atoms in total. The monoisotopic (exact) mass is 293 g/mol. The molecule has 1 aromatic rings. The average Bonchev–Trinajstić information content (AvgIpc) is 2.97. The van der Waals surface area contributed by atoms with E-state index in [0.29, 0.717) is 6.04 Å². The molecule has 0 aromatic heterocycles. The number of anilines is 1. The number of hydrogen-bond donors (Lipinski definition) is 1. The van der Waals surface area contributed by atoms with Gasteiger partial charge in [0.15, 0.2) is 0 Å². The maximum Gasteiger partial charge on any atom is 0.146 e. The van der Waals surface area contributed by atoms with Gasteiger partial charge in [-0.25, -0.2) is 4.39 Å². The fourth-order valence-corrected chi connectivity index (χ4v) is 3.21. The molecule has 0 amide bonds. The fraction of sp³-hybridized carbons (Fsp3) is 0.647. The van der Waals surface area contributed by atoms with Crippen molar-refractivity contribution in [3.05, 3.63) is 29.6 Å². The lowest BCUT2D eigenvalue weighted by atomic mass is 10.1. The average molecular weight is 293 g/mol. The van der Waals surface area contributed by atoms with E-state index in [4.69, 9.17) is 0 Å². The molecule has 0 saturated carbocycles. The van der Waals surface area contributed by atoms with Gasteiger partial charge in [0.2, 0.25) is 0 Å². The van der Waals surface area contributed by atoms with Crippen molar-refractivity contribution < 1.29 is 4.39 Å². The van der Waals surface area contributed by atoms with Crippen LogP contribution in [0.1, 0.15) is 38.8 Å². The summed E-state index contributed by atoms with van der Waals surface area (Å²) in [6.07, 6.45) is 1.12. The van der Waals surface area contributed by atoms with Crippen molar-refractivity contribution in [2.75, 3.05) is 38.1 Å². The molecule has 1 aliphatic rings. The molecule has 0 bridgehead atoms. The number of nitrogens with one attached hydrogen (secondary N) is 1. The van der Waals surface area contributed by atoms with E-state index in [2.05, 4.69) is 29.0 Å². The molecular weight excluding hydrogens is 265 g/mol. The first-order chi connectivity index (χ1) is 10.1. The second-order valence-electron chi connectivity index (χ2n) is 5.83. The highest BCUT2D eigenvalue weighted by Crippen LogP contribution is 2.27. The summed E-state index contributed by atoms with van der Waals surface area (Å²) >= 11 is 0. The van der Waals surface area contributed by atoms with E-state index in [1.165, 1.54) is 0 Å². The van der Waals surface area contributed by atoms with Crippen LogP contribution >= 0.6 is 0 Å². The summed E-state index contributed by atoms with van der Waals surface area (Å²) in [4.78, 5) is 4.65. The molecule has 1 saturated heterocycles. The largest absolute Gasteiger partial charge is 0.368 e. The second kappa shape index (κ2) is 7.23. The molecule has 0 aliphatic carbocycles. The van der Waals surface area contributed by atoms with E-state index < -0.39 is 0 Å². The van der Waals surface area contributed by atoms with Gasteiger partial charge < -0.3 is 10.2 Å². The highest BCUT2D eigenvalue weighted by atomic mass is 19.1. The smallest absolute Gasteiger partial charge is 0.146 e. The van der Waals surface area contributed by atoms with Gasteiger partial charge in [0.05, 0.1) is 5.69 Å². The van der Waals surface area contributed by atoms with Gasteiger partial charge in [-0.3, -0.25) is 4.90 Å². The Kier molecular flexibility index (Phi) is 5.59. The van der Waals surface area contributed by atoms with Crippen LogP contribution in [0.5, 0.6) is 0 Å². The van der Waals surface area contributed by atoms with Crippen molar-refractivity contribution in [3.8, 4) is 0 Å². The lowest BCUT2D eigenvalue weighted by molar-refractivity contribution is 0.232. The first-order valence-corrected chi connectivity index (χ1v) is 8.06. The van der Waals surface area contributed by atoms with Crippen molar-refractivity contribution in [2.24, 2.45) is 0 Å². The number of hydrogen-bond acceptors (Lipinski definition) is 3. The van der Waals surface area contributed by atoms with Gasteiger partial charge in [0.1, 0.15) is 5.82 Å². The van der Waals surface area contributed by atoms with Crippen LogP contribution in [0.3, 0.4) is 0 Å². The molecule has 2 rings (SSSR count). The number of likely N-dealkylation sites (N-methyl/N-ethyl adjacent to an activating group) is 1. The predicted octanol–water partition coefficient (Wildman–Crippen LogP) is 3.03. The Morgan fingerprint density at radius 2 is 2.10 bits per heavy atom. The van der Waals surface area contributed by atoms with Crippen molar-refractivity contribution in [1.29, 1.82) is 0 Å². The minimum Gasteiger partial charge on any atom is -0.368 e. The molecule has 1 heterocycles. The maximum atomic E-state index is 14.4. The quantitative estimate of drug-likeness (QED) is 0.870. The van der Waals surface area contributed by atoms with E-state index >= 15 is 0 Å². The predicted molar refractivity (Wildman–Crippen MR) is 87.4 cm³/mol. The Hall–Kier alpha value is -1.13. The van der Waals surface area contributed by atoms with Crippen LogP contribution in [0.2, 0.25) is 0 Å². The topological polar surface area (TPSA) is 18.5 Å². The normalized spacial score (nSPS) is 20.3. The molecule has 0 spiro atoms. The number of nitrogens with zero attached hydrogens (tertiary/aromatic N) is 2. The van der Waals surface area contributed by atoms with Gasteiger partial charge >= 0.3 is 0 Å². The van der Waals surface area contributed by atoms with Gasteiger partial charge in [-0.05, 0) is 51.2 Å². The molecule has 1 aromatic carbocycles. The van der Waals surface area contributed by atoms with Crippen molar-refractivity contribution in [2.45, 2.75) is 39.3 Å². The van der Waals surface area contributed by atoms with Crippen LogP contribution in [0.15, 0.2) is 18.2 Å². The van der Waals surface area contributed by atoms with Gasteiger partial charge in [0.25, 0.3) is 0 Å². The minimum atomic E-state index is -0.102. The third-order valence-corrected chi connectivity index (χ3v) is 4.74. The molecule has 1 fully saturated rings. The van der Waals surface area contributed by atoms with Crippen LogP contribution in [-0.2, 0) is 0 Å². The number of halogens is 1. The van der Waals surface area contributed by atoms with Gasteiger partial charge in [-0.2, -0.15) is 0 Å². The Morgan fingerprint density at radius 3 is 2.67 bits per heavy atom. The van der Waals surface area contributed by atoms with Gasteiger partial charge in [-0.15, -0.1) is 0 Å². The molecule has 1 aliphatic heterocycles. The molecule has 1 N–H and O–H groups in total. The summed E-state index contributed by atoms with van der Waals surface area (Å²) in [7, 11) is 1.89. The summed E-state index contributed by atoms with van der Waals surface area (Å²) in [6.45, 7) is 10.4. The fourth-order valence-electron chi connectivity index (χ4n) is 3.21. The molecule has 2 unspecified atom stereocenters. The second-order valence-corrected chi connectivity index (χ2v) is 5.83. The zero-order valence-corrected chi connectivity index (χ0v) is 13.7. The van der Waals surface area contributed by atoms with Crippen molar-refractivity contribution in [1.82, 2.24) is 10.2 Å². The molecule has 4 heteroatoms. The lowest BCUT2D eigenvalue weighted by Crippen LogP contribution is -2.37. The SMILES string of the molecule is CCN(CC)C1CCN(c2ccc(C(C)NC)cc2F)C1. The summed E-state index contributed by atoms with van der Waals surface area (Å²) in [5, 5.41) is 3.15. The molecular formula is C17H28FN3. The zero-order chi connectivity index (χ0) is 15.4. The van der Waals surface area contributed by atoms with Crippen LogP contribution in [0.25, 0.3) is 0 Å². The molecule has 118 valence electrons. The molecule has 2 atom stereocenters. The number of rotatable bonds is 6. The highest BCUT2D eigenvalue weighted by molar-refractivity contribution is 5.50. The summed E-state index contributed by atoms with van der Waals surface area (Å²) in [5.74, 6) is -0.102. The molecule has 0 radical (unpaired) electrons. The minimum absolute atomic E-state index is 0.102. The van der Waals surface area contributed by atoms with Crippen molar-refractivity contribution >= 4 is 5.69 Å². The Labute approximate surface area is 128 Å². The van der Waals surface area contributed by atoms with Gasteiger partial charge in [0, 0.05) is 25.2 Å². The van der Waals surface area contributed by atoms with Crippen LogP contribution < -0.4 is 10.2 Å². The van der Waals surface area contributed by atoms with E-state index in [0.717, 1.165) is 43.9 Å². The standard InChI is InChI=1S/C17H28FN3/c1-5-20(6-2)15-9-10-21(12-15)17-8-7-14(11-16(17)18)13(3)19-4/h7-8,11,13,15,19H,5-6,9-10,12H2,1-4H3. The lowest BCUT2D eigenvalue weighted by Gasteiger charge is -2.27. The third kappa shape index (κ3) is 3.55. The Morgan fingerprint density at radius 1 is 1.38 bits per heavy atom. The Bertz CT molecular complexity index is 459. The Balaban J connectivity index is 2.09. The van der Waals surface area contributed by atoms with Crippen molar-refractivity contribution in [3.63, 3.8) is 0 Å². The van der Waals surface area contributed by atoms with Crippen LogP contribution in [0.4, 0.5) is 10.1 Å². The highest BCUT2D eigenvalue weighted by Gasteiger charge is 2.27. The first kappa shape index (κ1) is 16.2. The maximum absolute atomic E-state index is 14.4. The summed E-state index contributed by atoms with van der Waals surface area (Å²) in [5.41, 5.74) is 1.75. The van der Waals surface area contributed by atoms with E-state index in [9.17, 15) is 4.39 Å². The van der Waals surface area contributed by atoms with E-state index in [-0.39, 0.29) is 11.9 Å². The van der Waals surface area contributed by atoms with Crippen LogP contribution in [-0.4, -0.2) is 44.2 Å². The first-order valence-electron chi connectivity index (χ1n) is 8.06. The molecule has 21 heavy (non-hydrogen) atoms. The third-order valence-electron chi connectivity index (χ3n) is 4.74.